The fourth-order valence-corrected chi connectivity index (χ4v) is 5.01. The Hall–Kier alpha value is -4.44. The average molecular weight is 593 g/mol. The molecule has 4 nitrogen and oxygen atoms in total. The Morgan fingerprint density at radius 1 is 0.545 bits per heavy atom. The molecule has 0 saturated heterocycles. The Kier molecular flexibility index (Phi) is 12.5. The van der Waals surface area contributed by atoms with Crippen LogP contribution in [0.2, 0.25) is 0 Å². The van der Waals surface area contributed by atoms with E-state index >= 15 is 0 Å². The zero-order valence-electron chi connectivity index (χ0n) is 27.9. The predicted octanol–water partition coefficient (Wildman–Crippen LogP) is 10.3. The van der Waals surface area contributed by atoms with Crippen molar-refractivity contribution in [2.45, 2.75) is 69.2 Å². The van der Waals surface area contributed by atoms with Crippen LogP contribution in [0, 0.1) is 10.8 Å². The van der Waals surface area contributed by atoms with Crippen LogP contribution >= 0.6 is 0 Å². The molecule has 2 aliphatic rings. The second kappa shape index (κ2) is 15.3. The summed E-state index contributed by atoms with van der Waals surface area (Å²) in [7, 11) is 0. The van der Waals surface area contributed by atoms with E-state index in [0.29, 0.717) is 11.1 Å². The Bertz CT molecular complexity index is 1450. The summed E-state index contributed by atoms with van der Waals surface area (Å²) in [6, 6.07) is 0. The van der Waals surface area contributed by atoms with Crippen molar-refractivity contribution in [1.29, 1.82) is 0 Å². The van der Waals surface area contributed by atoms with Crippen LogP contribution in [0.1, 0.15) is 69.2 Å². The van der Waals surface area contributed by atoms with E-state index in [1.165, 1.54) is 0 Å². The first-order chi connectivity index (χ1) is 20.5. The van der Waals surface area contributed by atoms with E-state index in [-0.39, 0.29) is 23.1 Å². The molecule has 0 heterocycles. The molecule has 0 unspecified atom stereocenters. The third kappa shape index (κ3) is 10.1. The molecule has 0 radical (unpaired) electrons. The number of allylic oxidation sites excluding steroid dienone is 24. The van der Waals surface area contributed by atoms with E-state index in [9.17, 15) is 19.8 Å². The molecule has 0 bridgehead atoms. The molecule has 0 aromatic rings. The maximum absolute atomic E-state index is 12.2. The van der Waals surface area contributed by atoms with Crippen LogP contribution in [0.3, 0.4) is 0 Å². The predicted molar refractivity (Wildman–Crippen MR) is 185 cm³/mol. The van der Waals surface area contributed by atoms with Gasteiger partial charge < -0.3 is 10.2 Å². The fraction of sp³-hybridized carbons (Fsp3) is 0.300. The van der Waals surface area contributed by atoms with Gasteiger partial charge in [-0.2, -0.15) is 0 Å². The topological polar surface area (TPSA) is 74.6 Å². The molecule has 0 saturated carbocycles. The molecular weight excluding hydrogens is 544 g/mol. The summed E-state index contributed by atoms with van der Waals surface area (Å²) in [5, 5.41) is 19.8. The summed E-state index contributed by atoms with van der Waals surface area (Å²) in [5.74, 6) is -0.992. The van der Waals surface area contributed by atoms with Gasteiger partial charge in [-0.15, -0.1) is 0 Å². The highest BCUT2D eigenvalue weighted by Crippen LogP contribution is 2.38. The molecule has 44 heavy (non-hydrogen) atoms. The van der Waals surface area contributed by atoms with Gasteiger partial charge in [-0.05, 0) is 64.8 Å². The third-order valence-corrected chi connectivity index (χ3v) is 7.63. The van der Waals surface area contributed by atoms with Crippen LogP contribution in [0.4, 0.5) is 0 Å². The summed E-state index contributed by atoms with van der Waals surface area (Å²) >= 11 is 0. The van der Waals surface area contributed by atoms with E-state index in [1.54, 1.807) is 26.0 Å². The van der Waals surface area contributed by atoms with Crippen molar-refractivity contribution in [3.05, 3.63) is 153 Å². The van der Waals surface area contributed by atoms with Gasteiger partial charge in [-0.3, -0.25) is 9.59 Å². The van der Waals surface area contributed by atoms with Gasteiger partial charge in [0.05, 0.1) is 0 Å². The second-order valence-corrected chi connectivity index (χ2v) is 12.7. The van der Waals surface area contributed by atoms with Gasteiger partial charge in [-0.25, -0.2) is 0 Å². The normalized spacial score (nSPS) is 20.9. The maximum Gasteiger partial charge on any atom is 0.222 e. The smallest absolute Gasteiger partial charge is 0.222 e. The van der Waals surface area contributed by atoms with Crippen molar-refractivity contribution >= 4 is 11.6 Å². The average Bonchev–Trinajstić information content (AvgIpc) is 2.92. The molecule has 0 fully saturated rings. The molecule has 0 atom stereocenters. The first kappa shape index (κ1) is 35.8. The minimum absolute atomic E-state index is 0.181. The van der Waals surface area contributed by atoms with E-state index < -0.39 is 10.8 Å². The molecular formula is C40H48O4. The number of hydrogen-bond acceptors (Lipinski definition) is 4. The molecule has 0 amide bonds. The molecule has 4 heteroatoms. The minimum Gasteiger partial charge on any atom is -0.504 e. The van der Waals surface area contributed by atoms with Crippen LogP contribution in [0.5, 0.6) is 0 Å². The van der Waals surface area contributed by atoms with Gasteiger partial charge in [0.15, 0.2) is 11.5 Å². The van der Waals surface area contributed by atoms with Crippen molar-refractivity contribution in [2.75, 3.05) is 0 Å². The van der Waals surface area contributed by atoms with Crippen LogP contribution in [-0.4, -0.2) is 21.8 Å². The number of aliphatic hydroxyl groups is 2. The SMILES string of the molecule is CC(C=CC=C(C)C=CC1=C(C)C(=O)C(O)=CC1(C)C)=CC=CC=C(C)C=CC=C(C)C=CC1=C(C)C(=O)C(O)=CC1(C)C. The molecule has 232 valence electrons. The van der Waals surface area contributed by atoms with Crippen LogP contribution < -0.4 is 0 Å². The zero-order chi connectivity index (χ0) is 33.2. The fourth-order valence-electron chi connectivity index (χ4n) is 5.01. The van der Waals surface area contributed by atoms with Crippen molar-refractivity contribution < 1.29 is 19.8 Å². The summed E-state index contributed by atoms with van der Waals surface area (Å²) < 4.78 is 0. The summed E-state index contributed by atoms with van der Waals surface area (Å²) in [6.07, 6.45) is 31.4. The molecule has 2 rings (SSSR count). The lowest BCUT2D eigenvalue weighted by atomic mass is 9.76. The Labute approximate surface area is 264 Å². The quantitative estimate of drug-likeness (QED) is 0.248. The van der Waals surface area contributed by atoms with Crippen molar-refractivity contribution in [3.63, 3.8) is 0 Å². The van der Waals surface area contributed by atoms with Gasteiger partial charge in [0.2, 0.25) is 11.6 Å². The molecule has 0 spiro atoms. The second-order valence-electron chi connectivity index (χ2n) is 12.7. The summed E-state index contributed by atoms with van der Waals surface area (Å²) in [6.45, 7) is 19.6. The highest BCUT2D eigenvalue weighted by atomic mass is 16.3. The highest BCUT2D eigenvalue weighted by molar-refractivity contribution is 6.09. The molecule has 0 aliphatic heterocycles. The minimum atomic E-state index is -0.409. The van der Waals surface area contributed by atoms with E-state index in [1.807, 2.05) is 140 Å². The van der Waals surface area contributed by atoms with Gasteiger partial charge in [0.1, 0.15) is 0 Å². The Morgan fingerprint density at radius 3 is 1.18 bits per heavy atom. The molecule has 0 aromatic carbocycles. The lowest BCUT2D eigenvalue weighted by Crippen LogP contribution is -2.23. The van der Waals surface area contributed by atoms with E-state index in [0.717, 1.165) is 33.4 Å². The van der Waals surface area contributed by atoms with Gasteiger partial charge >= 0.3 is 0 Å². The maximum atomic E-state index is 12.2. The first-order valence-electron chi connectivity index (χ1n) is 14.9. The Morgan fingerprint density at radius 2 is 0.841 bits per heavy atom. The third-order valence-electron chi connectivity index (χ3n) is 7.63. The number of hydrogen-bond donors (Lipinski definition) is 2. The standard InChI is InChI=1S/C40H48O4/c1-27(17-13-19-29(3)21-23-33-31(5)37(43)35(41)25-39(33,7)8)15-11-12-16-28(2)18-14-20-30(4)22-24-34-32(6)38(44)36(42)26-40(34,9)10/h11-26,41-42H,1-10H3. The van der Waals surface area contributed by atoms with Crippen LogP contribution in [0.25, 0.3) is 0 Å². The van der Waals surface area contributed by atoms with E-state index in [2.05, 4.69) is 0 Å². The van der Waals surface area contributed by atoms with Crippen molar-refractivity contribution in [2.24, 2.45) is 10.8 Å². The number of aliphatic hydroxyl groups excluding tert-OH is 2. The van der Waals surface area contributed by atoms with Crippen molar-refractivity contribution in [1.82, 2.24) is 0 Å². The monoisotopic (exact) mass is 592 g/mol. The number of ketones is 2. The number of rotatable bonds is 10. The molecule has 0 aromatic heterocycles. The number of carbonyl (C=O) groups is 2. The van der Waals surface area contributed by atoms with E-state index in [4.69, 9.17) is 0 Å². The number of Topliss-reactive ketones (excluding diaryl/α,β-unsaturated/α-hetero) is 2. The van der Waals surface area contributed by atoms with Gasteiger partial charge in [-0.1, -0.05) is 135 Å². The zero-order valence-corrected chi connectivity index (χ0v) is 27.9. The van der Waals surface area contributed by atoms with Gasteiger partial charge in [0, 0.05) is 22.0 Å². The summed E-state index contributed by atoms with van der Waals surface area (Å²) in [5.41, 5.74) is 6.47. The lowest BCUT2D eigenvalue weighted by molar-refractivity contribution is -0.115. The van der Waals surface area contributed by atoms with Crippen LogP contribution in [-0.2, 0) is 9.59 Å². The van der Waals surface area contributed by atoms with Gasteiger partial charge in [0.25, 0.3) is 0 Å². The summed E-state index contributed by atoms with van der Waals surface area (Å²) in [4.78, 5) is 24.3. The molecule has 2 N–H and O–H groups in total. The van der Waals surface area contributed by atoms with Crippen LogP contribution in [0.15, 0.2) is 153 Å². The lowest BCUT2D eigenvalue weighted by Gasteiger charge is -2.28. The van der Waals surface area contributed by atoms with Crippen molar-refractivity contribution in [3.8, 4) is 0 Å². The first-order valence-corrected chi connectivity index (χ1v) is 14.9. The Balaban J connectivity index is 1.95. The number of carbonyl (C=O) groups excluding carboxylic acids is 2. The highest BCUT2D eigenvalue weighted by Gasteiger charge is 2.32. The largest absolute Gasteiger partial charge is 0.504 e. The molecule has 2 aliphatic carbocycles.